The molecule has 0 saturated carbocycles. The standard InChI is InChI=1S/C9H16N.HI/c1-5-6-7-8-9-10(2,3)4;/h5-6H,9H2,1-4H3;1H/q+1;/p-1. The molecular weight excluding hydrogens is 249 g/mol. The molecule has 0 saturated heterocycles. The second kappa shape index (κ2) is 6.68. The molecule has 0 unspecified atom stereocenters. The Kier molecular flexibility index (Phi) is 8.25. The van der Waals surface area contributed by atoms with E-state index in [4.69, 9.17) is 0 Å². The van der Waals surface area contributed by atoms with Crippen LogP contribution in [0.4, 0.5) is 0 Å². The summed E-state index contributed by atoms with van der Waals surface area (Å²) in [4.78, 5) is 0. The van der Waals surface area contributed by atoms with Crippen LogP contribution in [0, 0.1) is 11.8 Å². The molecule has 0 bridgehead atoms. The van der Waals surface area contributed by atoms with Crippen molar-refractivity contribution in [1.82, 2.24) is 0 Å². The quantitative estimate of drug-likeness (QED) is 0.300. The van der Waals surface area contributed by atoms with Crippen molar-refractivity contribution in [3.8, 4) is 11.8 Å². The molecule has 11 heavy (non-hydrogen) atoms. The SMILES string of the molecule is CC=CC#CC[N+](C)(C)C.[I-]. The van der Waals surface area contributed by atoms with Crippen LogP contribution in [0.25, 0.3) is 0 Å². The normalized spacial score (nSPS) is 10.2. The summed E-state index contributed by atoms with van der Waals surface area (Å²) in [6.45, 7) is 2.88. The van der Waals surface area contributed by atoms with E-state index in [0.717, 1.165) is 11.0 Å². The van der Waals surface area contributed by atoms with Crippen molar-refractivity contribution < 1.29 is 28.5 Å². The van der Waals surface area contributed by atoms with Crippen LogP contribution in [-0.2, 0) is 0 Å². The minimum absolute atomic E-state index is 0. The van der Waals surface area contributed by atoms with E-state index in [-0.39, 0.29) is 24.0 Å². The lowest BCUT2D eigenvalue weighted by molar-refractivity contribution is -0.862. The van der Waals surface area contributed by atoms with Gasteiger partial charge in [-0.05, 0) is 18.9 Å². The van der Waals surface area contributed by atoms with Gasteiger partial charge in [0.1, 0.15) is 6.54 Å². The fourth-order valence-electron chi connectivity index (χ4n) is 0.425. The van der Waals surface area contributed by atoms with E-state index in [0.29, 0.717) is 0 Å². The highest BCUT2D eigenvalue weighted by atomic mass is 127. The van der Waals surface area contributed by atoms with E-state index < -0.39 is 0 Å². The van der Waals surface area contributed by atoms with Crippen molar-refractivity contribution in [2.75, 3.05) is 27.7 Å². The van der Waals surface area contributed by atoms with Gasteiger partial charge in [-0.25, -0.2) is 0 Å². The minimum atomic E-state index is 0. The summed E-state index contributed by atoms with van der Waals surface area (Å²) >= 11 is 0. The molecular formula is C9H16IN. The molecule has 0 spiro atoms. The topological polar surface area (TPSA) is 0 Å². The predicted octanol–water partition coefficient (Wildman–Crippen LogP) is -1.72. The Morgan fingerprint density at radius 2 is 1.82 bits per heavy atom. The largest absolute Gasteiger partial charge is 1.00 e. The molecule has 0 rings (SSSR count). The number of hydrogen-bond acceptors (Lipinski definition) is 0. The van der Waals surface area contributed by atoms with Gasteiger partial charge in [-0.2, -0.15) is 0 Å². The second-order valence-corrected chi connectivity index (χ2v) is 3.27. The van der Waals surface area contributed by atoms with Gasteiger partial charge in [0.05, 0.1) is 21.1 Å². The van der Waals surface area contributed by atoms with Crippen molar-refractivity contribution in [2.24, 2.45) is 0 Å². The van der Waals surface area contributed by atoms with Gasteiger partial charge in [0.2, 0.25) is 0 Å². The van der Waals surface area contributed by atoms with E-state index in [2.05, 4.69) is 33.0 Å². The first-order valence-corrected chi connectivity index (χ1v) is 3.46. The molecule has 0 aromatic carbocycles. The molecule has 0 N–H and O–H groups in total. The highest BCUT2D eigenvalue weighted by Gasteiger charge is 2.00. The van der Waals surface area contributed by atoms with E-state index in [1.807, 2.05) is 19.1 Å². The maximum atomic E-state index is 3.06. The third-order valence-electron chi connectivity index (χ3n) is 0.905. The molecule has 0 radical (unpaired) electrons. The summed E-state index contributed by atoms with van der Waals surface area (Å²) in [6, 6.07) is 0. The first kappa shape index (κ1) is 13.6. The number of allylic oxidation sites excluding steroid dienone is 2. The molecule has 0 aromatic rings. The third kappa shape index (κ3) is 13.1. The first-order chi connectivity index (χ1) is 4.56. The summed E-state index contributed by atoms with van der Waals surface area (Å²) in [5.41, 5.74) is 0. The lowest BCUT2D eigenvalue weighted by atomic mass is 10.4. The summed E-state index contributed by atoms with van der Waals surface area (Å²) in [7, 11) is 6.39. The Morgan fingerprint density at radius 1 is 1.27 bits per heavy atom. The minimum Gasteiger partial charge on any atom is -1.00 e. The lowest BCUT2D eigenvalue weighted by Gasteiger charge is -2.19. The molecule has 0 heterocycles. The van der Waals surface area contributed by atoms with Gasteiger partial charge < -0.3 is 28.5 Å². The number of nitrogens with zero attached hydrogens (tertiary/aromatic N) is 1. The maximum absolute atomic E-state index is 3.06. The van der Waals surface area contributed by atoms with Crippen LogP contribution in [0.3, 0.4) is 0 Å². The average Bonchev–Trinajstić information content (AvgIpc) is 1.78. The monoisotopic (exact) mass is 265 g/mol. The first-order valence-electron chi connectivity index (χ1n) is 3.46. The number of rotatable bonds is 1. The van der Waals surface area contributed by atoms with Gasteiger partial charge in [0, 0.05) is 0 Å². The second-order valence-electron chi connectivity index (χ2n) is 3.27. The summed E-state index contributed by atoms with van der Waals surface area (Å²) in [6.07, 6.45) is 3.82. The van der Waals surface area contributed by atoms with Gasteiger partial charge in [-0.3, -0.25) is 0 Å². The van der Waals surface area contributed by atoms with Crippen molar-refractivity contribution >= 4 is 0 Å². The third-order valence-corrected chi connectivity index (χ3v) is 0.905. The molecule has 0 fully saturated rings. The zero-order valence-electron chi connectivity index (χ0n) is 7.69. The van der Waals surface area contributed by atoms with Crippen LogP contribution in [0.1, 0.15) is 6.92 Å². The summed E-state index contributed by atoms with van der Waals surface area (Å²) < 4.78 is 0.907. The van der Waals surface area contributed by atoms with Gasteiger partial charge in [0.15, 0.2) is 0 Å². The summed E-state index contributed by atoms with van der Waals surface area (Å²) in [5, 5.41) is 0. The zero-order chi connectivity index (χ0) is 8.04. The molecule has 0 amide bonds. The van der Waals surface area contributed by atoms with E-state index >= 15 is 0 Å². The Labute approximate surface area is 87.1 Å². The summed E-state index contributed by atoms with van der Waals surface area (Å²) in [5.74, 6) is 6.01. The fourth-order valence-corrected chi connectivity index (χ4v) is 0.425. The number of halogens is 1. The predicted molar refractivity (Wildman–Crippen MR) is 45.5 cm³/mol. The Morgan fingerprint density at radius 3 is 2.18 bits per heavy atom. The van der Waals surface area contributed by atoms with Crippen LogP contribution in [0.15, 0.2) is 12.2 Å². The molecule has 0 aliphatic heterocycles. The van der Waals surface area contributed by atoms with Crippen LogP contribution in [0.5, 0.6) is 0 Å². The van der Waals surface area contributed by atoms with Gasteiger partial charge >= 0.3 is 0 Å². The Balaban J connectivity index is 0. The molecule has 0 aliphatic carbocycles. The molecule has 1 nitrogen and oxygen atoms in total. The molecule has 2 heteroatoms. The Hall–Kier alpha value is -0.0100. The van der Waals surface area contributed by atoms with Crippen molar-refractivity contribution in [3.63, 3.8) is 0 Å². The number of hydrogen-bond donors (Lipinski definition) is 0. The van der Waals surface area contributed by atoms with Crippen LogP contribution in [0.2, 0.25) is 0 Å². The number of quaternary nitrogens is 1. The van der Waals surface area contributed by atoms with Crippen LogP contribution >= 0.6 is 0 Å². The van der Waals surface area contributed by atoms with Crippen molar-refractivity contribution in [3.05, 3.63) is 12.2 Å². The highest BCUT2D eigenvalue weighted by molar-refractivity contribution is 5.14. The van der Waals surface area contributed by atoms with Crippen molar-refractivity contribution in [2.45, 2.75) is 6.92 Å². The van der Waals surface area contributed by atoms with Crippen molar-refractivity contribution in [1.29, 1.82) is 0 Å². The molecule has 0 atom stereocenters. The highest BCUT2D eigenvalue weighted by Crippen LogP contribution is 1.85. The molecule has 64 valence electrons. The zero-order valence-corrected chi connectivity index (χ0v) is 9.84. The lowest BCUT2D eigenvalue weighted by Crippen LogP contribution is -3.00. The smallest absolute Gasteiger partial charge is 0.140 e. The maximum Gasteiger partial charge on any atom is 0.140 e. The average molecular weight is 265 g/mol. The van der Waals surface area contributed by atoms with Gasteiger partial charge in [0.25, 0.3) is 0 Å². The van der Waals surface area contributed by atoms with Crippen LogP contribution in [-0.4, -0.2) is 32.2 Å². The van der Waals surface area contributed by atoms with Gasteiger partial charge in [-0.15, -0.1) is 0 Å². The molecule has 0 aliphatic rings. The van der Waals surface area contributed by atoms with E-state index in [1.165, 1.54) is 0 Å². The van der Waals surface area contributed by atoms with Crippen LogP contribution < -0.4 is 24.0 Å². The fraction of sp³-hybridized carbons (Fsp3) is 0.556. The van der Waals surface area contributed by atoms with Gasteiger partial charge in [-0.1, -0.05) is 12.0 Å². The van der Waals surface area contributed by atoms with E-state index in [1.54, 1.807) is 0 Å². The Bertz CT molecular complexity index is 166. The van der Waals surface area contributed by atoms with E-state index in [9.17, 15) is 0 Å². The molecule has 0 aromatic heterocycles.